The number of aryl methyl sites for hydroxylation is 1. The van der Waals surface area contributed by atoms with E-state index in [1.165, 1.54) is 31.7 Å². The van der Waals surface area contributed by atoms with Crippen molar-refractivity contribution in [1.82, 2.24) is 4.98 Å². The van der Waals surface area contributed by atoms with Crippen LogP contribution in [0.2, 0.25) is 5.02 Å². The molecule has 0 bridgehead atoms. The first kappa shape index (κ1) is 21.4. The van der Waals surface area contributed by atoms with Gasteiger partial charge in [-0.1, -0.05) is 24.9 Å². The number of benzene rings is 1. The second kappa shape index (κ2) is 8.50. The minimum absolute atomic E-state index is 0.145. The van der Waals surface area contributed by atoms with E-state index in [2.05, 4.69) is 22.2 Å². The zero-order valence-corrected chi connectivity index (χ0v) is 18.8. The van der Waals surface area contributed by atoms with Crippen molar-refractivity contribution in [2.45, 2.75) is 51.7 Å². The normalized spacial score (nSPS) is 28.6. The van der Waals surface area contributed by atoms with Crippen molar-refractivity contribution in [2.75, 3.05) is 11.9 Å². The summed E-state index contributed by atoms with van der Waals surface area (Å²) >= 11 is 6.38. The molecule has 5 nitrogen and oxygen atoms in total. The summed E-state index contributed by atoms with van der Waals surface area (Å²) in [5.74, 6) is 1.85. The Morgan fingerprint density at radius 1 is 1.19 bits per heavy atom. The molecule has 2 saturated carbocycles. The SMILES string of the molecule is Cc1cc(Cl)c(NC2COc3cc(F)cc(F)c32)nc1N=COC1CCC2C(C)CC[C@H]12. The number of nitrogens with zero attached hydrogens (tertiary/aromatic N) is 2. The fourth-order valence-corrected chi connectivity index (χ4v) is 5.78. The lowest BCUT2D eigenvalue weighted by Gasteiger charge is -2.18. The quantitative estimate of drug-likeness (QED) is 0.415. The van der Waals surface area contributed by atoms with Gasteiger partial charge >= 0.3 is 0 Å². The third-order valence-electron chi connectivity index (χ3n) is 7.17. The van der Waals surface area contributed by atoms with E-state index in [1.54, 1.807) is 6.07 Å². The molecule has 2 aromatic rings. The first-order valence-corrected chi connectivity index (χ1v) is 11.5. The lowest BCUT2D eigenvalue weighted by Crippen LogP contribution is -2.19. The number of ether oxygens (including phenoxy) is 2. The Labute approximate surface area is 191 Å². The lowest BCUT2D eigenvalue weighted by molar-refractivity contribution is 0.146. The van der Waals surface area contributed by atoms with Crippen LogP contribution < -0.4 is 10.1 Å². The molecule has 5 rings (SSSR count). The predicted octanol–water partition coefficient (Wildman–Crippen LogP) is 6.37. The average molecular weight is 462 g/mol. The Hall–Kier alpha value is -2.41. The number of fused-ring (bicyclic) bond motifs is 2. The van der Waals surface area contributed by atoms with E-state index < -0.39 is 17.7 Å². The molecule has 1 aromatic carbocycles. The van der Waals surface area contributed by atoms with Crippen LogP contribution in [-0.2, 0) is 4.74 Å². The Morgan fingerprint density at radius 3 is 2.84 bits per heavy atom. The van der Waals surface area contributed by atoms with Gasteiger partial charge in [-0.25, -0.2) is 18.8 Å². The first-order valence-electron chi connectivity index (χ1n) is 11.1. The number of rotatable bonds is 5. The molecule has 8 heteroatoms. The minimum Gasteiger partial charge on any atom is -0.490 e. The zero-order chi connectivity index (χ0) is 22.4. The van der Waals surface area contributed by atoms with Crippen LogP contribution in [0.3, 0.4) is 0 Å². The van der Waals surface area contributed by atoms with Crippen molar-refractivity contribution in [3.8, 4) is 5.75 Å². The van der Waals surface area contributed by atoms with E-state index in [4.69, 9.17) is 21.1 Å². The molecule has 32 heavy (non-hydrogen) atoms. The van der Waals surface area contributed by atoms with Crippen molar-refractivity contribution >= 4 is 29.6 Å². The standard InChI is InChI=1S/C24H26ClF2N3O2/c1-12-3-4-16-15(12)5-6-20(16)32-11-28-23-13(2)7-17(25)24(30-23)29-19-10-31-21-9-14(26)8-18(27)22(19)21/h7-9,11-12,15-16,19-20H,3-6,10H2,1-2H3,(H,29,30)/t12?,15?,16-,19?,20?/m0/s1. The van der Waals surface area contributed by atoms with Gasteiger partial charge in [0.2, 0.25) is 0 Å². The number of pyridine rings is 1. The molecule has 5 atom stereocenters. The van der Waals surface area contributed by atoms with Gasteiger partial charge in [0.05, 0.1) is 16.6 Å². The molecule has 4 unspecified atom stereocenters. The number of aromatic nitrogens is 1. The summed E-state index contributed by atoms with van der Waals surface area (Å²) in [5.41, 5.74) is 1.07. The molecular weight excluding hydrogens is 436 g/mol. The van der Waals surface area contributed by atoms with Crippen molar-refractivity contribution in [1.29, 1.82) is 0 Å². The predicted molar refractivity (Wildman–Crippen MR) is 120 cm³/mol. The van der Waals surface area contributed by atoms with Gasteiger partial charge in [0.1, 0.15) is 35.9 Å². The van der Waals surface area contributed by atoms with Gasteiger partial charge in [-0.2, -0.15) is 0 Å². The van der Waals surface area contributed by atoms with Crippen molar-refractivity contribution in [3.63, 3.8) is 0 Å². The monoisotopic (exact) mass is 461 g/mol. The van der Waals surface area contributed by atoms with Gasteiger partial charge in [0.25, 0.3) is 0 Å². The smallest absolute Gasteiger partial charge is 0.176 e. The number of aliphatic imine (C=N–C) groups is 1. The molecule has 0 spiro atoms. The molecule has 3 aliphatic rings. The summed E-state index contributed by atoms with van der Waals surface area (Å²) in [5, 5.41) is 3.50. The number of hydrogen-bond acceptors (Lipinski definition) is 5. The molecule has 0 amide bonds. The molecule has 2 fully saturated rings. The van der Waals surface area contributed by atoms with Gasteiger partial charge in [-0.05, 0) is 55.6 Å². The third-order valence-corrected chi connectivity index (χ3v) is 7.46. The molecule has 1 aromatic heterocycles. The van der Waals surface area contributed by atoms with Crippen LogP contribution in [0.5, 0.6) is 5.75 Å². The van der Waals surface area contributed by atoms with Crippen LogP contribution >= 0.6 is 11.6 Å². The van der Waals surface area contributed by atoms with Gasteiger partial charge in [-0.15, -0.1) is 0 Å². The lowest BCUT2D eigenvalue weighted by atomic mass is 9.93. The van der Waals surface area contributed by atoms with E-state index in [-0.39, 0.29) is 24.0 Å². The number of nitrogens with one attached hydrogen (secondary N) is 1. The van der Waals surface area contributed by atoms with Gasteiger partial charge in [0.15, 0.2) is 12.2 Å². The maximum atomic E-state index is 14.3. The minimum atomic E-state index is -0.675. The van der Waals surface area contributed by atoms with E-state index in [0.717, 1.165) is 29.9 Å². The maximum absolute atomic E-state index is 14.3. The molecule has 2 aliphatic carbocycles. The second-order valence-corrected chi connectivity index (χ2v) is 9.54. The molecule has 2 heterocycles. The summed E-state index contributed by atoms with van der Waals surface area (Å²) < 4.78 is 39.2. The van der Waals surface area contributed by atoms with Crippen LogP contribution in [0.15, 0.2) is 23.2 Å². The average Bonchev–Trinajstić information content (AvgIpc) is 3.43. The highest BCUT2D eigenvalue weighted by Gasteiger charge is 2.43. The van der Waals surface area contributed by atoms with Gasteiger partial charge in [0, 0.05) is 12.1 Å². The summed E-state index contributed by atoms with van der Waals surface area (Å²) in [6.07, 6.45) is 6.51. The van der Waals surface area contributed by atoms with E-state index in [9.17, 15) is 8.78 Å². The number of halogens is 3. The summed E-state index contributed by atoms with van der Waals surface area (Å²) in [6.45, 7) is 4.36. The van der Waals surface area contributed by atoms with Crippen LogP contribution in [-0.4, -0.2) is 24.1 Å². The largest absolute Gasteiger partial charge is 0.490 e. The highest BCUT2D eigenvalue weighted by molar-refractivity contribution is 6.33. The fourth-order valence-electron chi connectivity index (χ4n) is 5.52. The maximum Gasteiger partial charge on any atom is 0.176 e. The van der Waals surface area contributed by atoms with Crippen LogP contribution in [0.25, 0.3) is 0 Å². The summed E-state index contributed by atoms with van der Waals surface area (Å²) in [7, 11) is 0. The Kier molecular flexibility index (Phi) is 5.70. The topological polar surface area (TPSA) is 55.7 Å². The Balaban J connectivity index is 1.31. The van der Waals surface area contributed by atoms with Crippen LogP contribution in [0, 0.1) is 36.3 Å². The highest BCUT2D eigenvalue weighted by Crippen LogP contribution is 2.48. The molecule has 0 saturated heterocycles. The van der Waals surface area contributed by atoms with Crippen molar-refractivity contribution in [3.05, 3.63) is 46.0 Å². The molecule has 0 radical (unpaired) electrons. The first-order chi connectivity index (χ1) is 15.4. The van der Waals surface area contributed by atoms with Crippen LogP contribution in [0.4, 0.5) is 20.4 Å². The third kappa shape index (κ3) is 3.91. The molecule has 1 aliphatic heterocycles. The zero-order valence-electron chi connectivity index (χ0n) is 18.1. The van der Waals surface area contributed by atoms with E-state index >= 15 is 0 Å². The van der Waals surface area contributed by atoms with Gasteiger partial charge < -0.3 is 14.8 Å². The van der Waals surface area contributed by atoms with Crippen LogP contribution in [0.1, 0.15) is 49.8 Å². The van der Waals surface area contributed by atoms with E-state index in [1.807, 2.05) is 6.92 Å². The summed E-state index contributed by atoms with van der Waals surface area (Å²) in [4.78, 5) is 8.97. The van der Waals surface area contributed by atoms with Gasteiger partial charge in [-0.3, -0.25) is 0 Å². The Morgan fingerprint density at radius 2 is 2.00 bits per heavy atom. The molecule has 1 N–H and O–H groups in total. The van der Waals surface area contributed by atoms with E-state index in [0.29, 0.717) is 22.6 Å². The number of anilines is 1. The Bertz CT molecular complexity index is 1060. The second-order valence-electron chi connectivity index (χ2n) is 9.14. The van der Waals surface area contributed by atoms with Crippen molar-refractivity contribution < 1.29 is 18.3 Å². The molecular formula is C24H26ClF2N3O2. The summed E-state index contributed by atoms with van der Waals surface area (Å²) in [6, 6.07) is 3.24. The number of hydrogen-bond donors (Lipinski definition) is 1. The fraction of sp³-hybridized carbons (Fsp3) is 0.500. The highest BCUT2D eigenvalue weighted by atomic mass is 35.5. The van der Waals surface area contributed by atoms with Crippen molar-refractivity contribution in [2.24, 2.45) is 22.7 Å². The molecule has 170 valence electrons.